The molecule has 0 aliphatic carbocycles. The summed E-state index contributed by atoms with van der Waals surface area (Å²) < 4.78 is 13.8. The Hall–Kier alpha value is -2.21. The highest BCUT2D eigenvalue weighted by molar-refractivity contribution is 7.99. The minimum absolute atomic E-state index is 0.0123. The molecule has 102 valence electrons. The van der Waals surface area contributed by atoms with Crippen molar-refractivity contribution in [3.05, 3.63) is 64.0 Å². The number of rotatable bonds is 4. The van der Waals surface area contributed by atoms with E-state index in [-0.39, 0.29) is 11.5 Å². The number of ketones is 1. The lowest BCUT2D eigenvalue weighted by molar-refractivity contribution is -0.384. The molecule has 20 heavy (non-hydrogen) atoms. The van der Waals surface area contributed by atoms with Gasteiger partial charge in [-0.3, -0.25) is 14.9 Å². The van der Waals surface area contributed by atoms with Gasteiger partial charge in [0.1, 0.15) is 5.82 Å². The van der Waals surface area contributed by atoms with E-state index in [0.717, 1.165) is 11.8 Å². The van der Waals surface area contributed by atoms with Crippen molar-refractivity contribution >= 4 is 23.2 Å². The standard InChI is InChI=1S/C14H10FNO3S/c1-9(17)10-2-7-14(13(15)8-10)20-12-5-3-11(4-6-12)16(18)19/h2-8H,1H3. The van der Waals surface area contributed by atoms with E-state index >= 15 is 0 Å². The van der Waals surface area contributed by atoms with Crippen molar-refractivity contribution in [2.24, 2.45) is 0 Å². The molecule has 0 aromatic heterocycles. The van der Waals surface area contributed by atoms with Crippen LogP contribution in [0.3, 0.4) is 0 Å². The number of nitrogens with zero attached hydrogens (tertiary/aromatic N) is 1. The largest absolute Gasteiger partial charge is 0.295 e. The van der Waals surface area contributed by atoms with Gasteiger partial charge in [0.25, 0.3) is 5.69 Å². The summed E-state index contributed by atoms with van der Waals surface area (Å²) in [6.07, 6.45) is 0. The van der Waals surface area contributed by atoms with E-state index in [9.17, 15) is 19.3 Å². The van der Waals surface area contributed by atoms with Gasteiger partial charge in [-0.25, -0.2) is 4.39 Å². The Labute approximate surface area is 118 Å². The van der Waals surface area contributed by atoms with Crippen molar-refractivity contribution in [2.75, 3.05) is 0 Å². The molecule has 0 radical (unpaired) electrons. The fourth-order valence-corrected chi connectivity index (χ4v) is 2.38. The normalized spacial score (nSPS) is 10.3. The molecule has 0 heterocycles. The fourth-order valence-electron chi connectivity index (χ4n) is 1.57. The fraction of sp³-hybridized carbons (Fsp3) is 0.0714. The Morgan fingerprint density at radius 2 is 1.85 bits per heavy atom. The Balaban J connectivity index is 2.21. The van der Waals surface area contributed by atoms with Crippen molar-refractivity contribution in [2.45, 2.75) is 16.7 Å². The summed E-state index contributed by atoms with van der Waals surface area (Å²) in [5, 5.41) is 10.5. The maximum atomic E-state index is 13.8. The maximum absolute atomic E-state index is 13.8. The first-order valence-electron chi connectivity index (χ1n) is 5.70. The van der Waals surface area contributed by atoms with E-state index in [1.165, 1.54) is 31.2 Å². The lowest BCUT2D eigenvalue weighted by Crippen LogP contribution is -1.93. The van der Waals surface area contributed by atoms with Gasteiger partial charge in [0.05, 0.1) is 4.92 Å². The molecule has 0 saturated heterocycles. The van der Waals surface area contributed by atoms with E-state index in [1.54, 1.807) is 18.2 Å². The van der Waals surface area contributed by atoms with Gasteiger partial charge in [0, 0.05) is 27.5 Å². The zero-order chi connectivity index (χ0) is 14.7. The number of hydrogen-bond acceptors (Lipinski definition) is 4. The van der Waals surface area contributed by atoms with Crippen LogP contribution in [0.25, 0.3) is 0 Å². The molecule has 0 bridgehead atoms. The van der Waals surface area contributed by atoms with Crippen LogP contribution in [0.5, 0.6) is 0 Å². The van der Waals surface area contributed by atoms with E-state index in [4.69, 9.17) is 0 Å². The van der Waals surface area contributed by atoms with Crippen LogP contribution in [0.1, 0.15) is 17.3 Å². The number of nitro benzene ring substituents is 1. The average Bonchev–Trinajstić information content (AvgIpc) is 2.41. The van der Waals surface area contributed by atoms with Gasteiger partial charge in [0.15, 0.2) is 5.78 Å². The predicted octanol–water partition coefficient (Wildman–Crippen LogP) is 4.09. The van der Waals surface area contributed by atoms with Crippen molar-refractivity contribution in [3.8, 4) is 0 Å². The highest BCUT2D eigenvalue weighted by atomic mass is 32.2. The smallest absolute Gasteiger partial charge is 0.269 e. The number of Topliss-reactive ketones (excluding diaryl/α,β-unsaturated/α-hetero) is 1. The van der Waals surface area contributed by atoms with Gasteiger partial charge in [0.2, 0.25) is 0 Å². The van der Waals surface area contributed by atoms with E-state index in [1.807, 2.05) is 0 Å². The first-order valence-corrected chi connectivity index (χ1v) is 6.52. The molecule has 2 rings (SSSR count). The van der Waals surface area contributed by atoms with E-state index < -0.39 is 10.7 Å². The third-order valence-electron chi connectivity index (χ3n) is 2.61. The minimum atomic E-state index is -0.489. The summed E-state index contributed by atoms with van der Waals surface area (Å²) in [6.45, 7) is 1.37. The molecule has 0 aliphatic heterocycles. The molecule has 0 saturated carbocycles. The number of hydrogen-bond donors (Lipinski definition) is 0. The summed E-state index contributed by atoms with van der Waals surface area (Å²) in [7, 11) is 0. The third-order valence-corrected chi connectivity index (χ3v) is 3.67. The molecule has 0 unspecified atom stereocenters. The molecule has 2 aromatic carbocycles. The van der Waals surface area contributed by atoms with Gasteiger partial charge >= 0.3 is 0 Å². The zero-order valence-electron chi connectivity index (χ0n) is 10.5. The van der Waals surface area contributed by atoms with Gasteiger partial charge in [-0.15, -0.1) is 0 Å². The Kier molecular flexibility index (Phi) is 4.14. The third kappa shape index (κ3) is 3.21. The number of non-ortho nitro benzene ring substituents is 1. The monoisotopic (exact) mass is 291 g/mol. The lowest BCUT2D eigenvalue weighted by atomic mass is 10.1. The topological polar surface area (TPSA) is 60.2 Å². The molecule has 0 N–H and O–H groups in total. The number of halogens is 1. The number of carbonyl (C=O) groups excluding carboxylic acids is 1. The molecule has 0 atom stereocenters. The van der Waals surface area contributed by atoms with Crippen LogP contribution in [0, 0.1) is 15.9 Å². The summed E-state index contributed by atoms with van der Waals surface area (Å²) >= 11 is 1.15. The highest BCUT2D eigenvalue weighted by Gasteiger charge is 2.09. The Morgan fingerprint density at radius 1 is 1.20 bits per heavy atom. The van der Waals surface area contributed by atoms with Crippen LogP contribution in [-0.2, 0) is 0 Å². The Morgan fingerprint density at radius 3 is 2.35 bits per heavy atom. The molecule has 4 nitrogen and oxygen atoms in total. The summed E-state index contributed by atoms with van der Waals surface area (Å²) in [5.74, 6) is -0.683. The maximum Gasteiger partial charge on any atom is 0.269 e. The SMILES string of the molecule is CC(=O)c1ccc(Sc2ccc([N+](=O)[O-])cc2)c(F)c1. The van der Waals surface area contributed by atoms with E-state index in [2.05, 4.69) is 0 Å². The predicted molar refractivity (Wildman–Crippen MR) is 73.6 cm³/mol. The van der Waals surface area contributed by atoms with Crippen molar-refractivity contribution in [3.63, 3.8) is 0 Å². The van der Waals surface area contributed by atoms with Crippen LogP contribution < -0.4 is 0 Å². The molecule has 2 aromatic rings. The number of benzene rings is 2. The first kappa shape index (κ1) is 14.2. The lowest BCUT2D eigenvalue weighted by Gasteiger charge is -2.04. The molecule has 0 aliphatic rings. The molecule has 0 fully saturated rings. The summed E-state index contributed by atoms with van der Waals surface area (Å²) in [6, 6.07) is 10.1. The van der Waals surface area contributed by atoms with Crippen LogP contribution in [0.2, 0.25) is 0 Å². The summed E-state index contributed by atoms with van der Waals surface area (Å²) in [5.41, 5.74) is 0.303. The van der Waals surface area contributed by atoms with Crippen LogP contribution in [0.4, 0.5) is 10.1 Å². The molecule has 0 amide bonds. The zero-order valence-corrected chi connectivity index (χ0v) is 11.3. The quantitative estimate of drug-likeness (QED) is 0.483. The van der Waals surface area contributed by atoms with E-state index in [0.29, 0.717) is 15.4 Å². The summed E-state index contributed by atoms with van der Waals surface area (Å²) in [4.78, 5) is 22.2. The van der Waals surface area contributed by atoms with Gasteiger partial charge in [-0.1, -0.05) is 17.8 Å². The van der Waals surface area contributed by atoms with Gasteiger partial charge in [-0.05, 0) is 31.2 Å². The molecular formula is C14H10FNO3S. The van der Waals surface area contributed by atoms with Crippen molar-refractivity contribution in [1.82, 2.24) is 0 Å². The second kappa shape index (κ2) is 5.83. The number of nitro groups is 1. The first-order chi connectivity index (χ1) is 9.47. The Bertz CT molecular complexity index is 671. The molecule has 6 heteroatoms. The van der Waals surface area contributed by atoms with Gasteiger partial charge in [-0.2, -0.15) is 0 Å². The minimum Gasteiger partial charge on any atom is -0.295 e. The van der Waals surface area contributed by atoms with Crippen LogP contribution >= 0.6 is 11.8 Å². The molecular weight excluding hydrogens is 281 g/mol. The van der Waals surface area contributed by atoms with Crippen LogP contribution in [0.15, 0.2) is 52.3 Å². The molecule has 0 spiro atoms. The van der Waals surface area contributed by atoms with Gasteiger partial charge < -0.3 is 0 Å². The highest BCUT2D eigenvalue weighted by Crippen LogP contribution is 2.31. The second-order valence-corrected chi connectivity index (χ2v) is 5.17. The number of carbonyl (C=O) groups is 1. The van der Waals surface area contributed by atoms with Crippen molar-refractivity contribution in [1.29, 1.82) is 0 Å². The average molecular weight is 291 g/mol. The van der Waals surface area contributed by atoms with Crippen molar-refractivity contribution < 1.29 is 14.1 Å². The van der Waals surface area contributed by atoms with Crippen LogP contribution in [-0.4, -0.2) is 10.7 Å². The second-order valence-electron chi connectivity index (χ2n) is 4.05.